The standard InChI is InChI=1S/C24H33N3O3S2/c1-4-6-12-24(5-2)16-27(17-10-8-7-9-11-17)19-13-22(31-3)20(14-21(19)32-26-24)30-15-18(25)23(28)29/h7-11,13-14,18,26H,4-6,12,15-16,25H2,1-3H3,(H,28,29). The van der Waals surface area contributed by atoms with E-state index in [9.17, 15) is 4.79 Å². The Bertz CT molecular complexity index is 913. The summed E-state index contributed by atoms with van der Waals surface area (Å²) in [6, 6.07) is 13.6. The highest BCUT2D eigenvalue weighted by molar-refractivity contribution is 7.98. The molecule has 0 aliphatic carbocycles. The van der Waals surface area contributed by atoms with Crippen LogP contribution >= 0.6 is 23.7 Å². The SMILES string of the molecule is CCCCC1(CC)CN(c2ccccc2)c2cc(SC)c(OCC(N)C(=O)O)cc2SN1. The van der Waals surface area contributed by atoms with E-state index in [0.29, 0.717) is 5.75 Å². The largest absolute Gasteiger partial charge is 0.490 e. The molecule has 2 unspecified atom stereocenters. The fourth-order valence-electron chi connectivity index (χ4n) is 3.77. The summed E-state index contributed by atoms with van der Waals surface area (Å²) >= 11 is 3.22. The Morgan fingerprint density at radius 3 is 2.72 bits per heavy atom. The van der Waals surface area contributed by atoms with Crippen LogP contribution < -0.4 is 20.1 Å². The zero-order chi connectivity index (χ0) is 23.1. The Hall–Kier alpha value is -1.87. The first-order valence-electron chi connectivity index (χ1n) is 11.0. The van der Waals surface area contributed by atoms with Crippen molar-refractivity contribution in [3.05, 3.63) is 42.5 Å². The molecule has 32 heavy (non-hydrogen) atoms. The summed E-state index contributed by atoms with van der Waals surface area (Å²) in [6.45, 7) is 5.27. The van der Waals surface area contributed by atoms with E-state index in [1.54, 1.807) is 23.7 Å². The Labute approximate surface area is 199 Å². The molecule has 174 valence electrons. The number of fused-ring (bicyclic) bond motifs is 1. The maximum atomic E-state index is 11.1. The van der Waals surface area contributed by atoms with Crippen LogP contribution in [0, 0.1) is 0 Å². The minimum Gasteiger partial charge on any atom is -0.490 e. The monoisotopic (exact) mass is 475 g/mol. The van der Waals surface area contributed by atoms with Gasteiger partial charge >= 0.3 is 5.97 Å². The van der Waals surface area contributed by atoms with E-state index < -0.39 is 12.0 Å². The van der Waals surface area contributed by atoms with Crippen LogP contribution in [-0.2, 0) is 4.79 Å². The Balaban J connectivity index is 2.03. The zero-order valence-electron chi connectivity index (χ0n) is 19.0. The number of nitrogens with zero attached hydrogens (tertiary/aromatic N) is 1. The summed E-state index contributed by atoms with van der Waals surface area (Å²) in [4.78, 5) is 15.5. The van der Waals surface area contributed by atoms with Crippen LogP contribution in [0.3, 0.4) is 0 Å². The predicted molar refractivity (Wildman–Crippen MR) is 134 cm³/mol. The molecule has 0 bridgehead atoms. The van der Waals surface area contributed by atoms with Crippen LogP contribution in [0.25, 0.3) is 0 Å². The van der Waals surface area contributed by atoms with Crippen LogP contribution in [-0.4, -0.2) is 42.1 Å². The van der Waals surface area contributed by atoms with Gasteiger partial charge in [-0.25, -0.2) is 0 Å². The van der Waals surface area contributed by atoms with Gasteiger partial charge in [0, 0.05) is 17.8 Å². The van der Waals surface area contributed by atoms with Crippen molar-refractivity contribution in [3.63, 3.8) is 0 Å². The van der Waals surface area contributed by atoms with Crippen LogP contribution in [0.4, 0.5) is 11.4 Å². The van der Waals surface area contributed by atoms with Gasteiger partial charge in [0.15, 0.2) is 0 Å². The lowest BCUT2D eigenvalue weighted by Gasteiger charge is -2.37. The number of hydrogen-bond donors (Lipinski definition) is 3. The van der Waals surface area contributed by atoms with Crippen molar-refractivity contribution in [1.29, 1.82) is 0 Å². The zero-order valence-corrected chi connectivity index (χ0v) is 20.6. The maximum absolute atomic E-state index is 11.1. The molecule has 0 aromatic heterocycles. The number of hydrogen-bond acceptors (Lipinski definition) is 7. The van der Waals surface area contributed by atoms with Gasteiger partial charge in [0.25, 0.3) is 0 Å². The van der Waals surface area contributed by atoms with Crippen molar-refractivity contribution in [2.45, 2.75) is 60.9 Å². The van der Waals surface area contributed by atoms with Gasteiger partial charge in [-0.1, -0.05) is 44.9 Å². The molecule has 2 aromatic carbocycles. The van der Waals surface area contributed by atoms with Crippen LogP contribution in [0.15, 0.2) is 52.3 Å². The van der Waals surface area contributed by atoms with Crippen molar-refractivity contribution < 1.29 is 14.6 Å². The van der Waals surface area contributed by atoms with E-state index in [1.807, 2.05) is 18.4 Å². The van der Waals surface area contributed by atoms with Crippen molar-refractivity contribution in [2.75, 3.05) is 24.3 Å². The second-order valence-electron chi connectivity index (χ2n) is 8.09. The number of carbonyl (C=O) groups is 1. The van der Waals surface area contributed by atoms with E-state index in [2.05, 4.69) is 53.8 Å². The fourth-order valence-corrected chi connectivity index (χ4v) is 5.40. The third-order valence-corrected chi connectivity index (χ3v) is 7.70. The molecule has 8 heteroatoms. The first kappa shape index (κ1) is 24.8. The van der Waals surface area contributed by atoms with Gasteiger partial charge in [0.05, 0.1) is 15.5 Å². The number of unbranched alkanes of at least 4 members (excludes halogenated alkanes) is 1. The molecule has 2 aromatic rings. The number of ether oxygens (including phenoxy) is 1. The lowest BCUT2D eigenvalue weighted by molar-refractivity contribution is -0.139. The van der Waals surface area contributed by atoms with E-state index in [1.165, 1.54) is 0 Å². The molecule has 1 heterocycles. The Kier molecular flexibility index (Phi) is 8.76. The minimum absolute atomic E-state index is 0.0261. The van der Waals surface area contributed by atoms with Crippen molar-refractivity contribution >= 4 is 41.1 Å². The Morgan fingerprint density at radius 2 is 2.09 bits per heavy atom. The predicted octanol–water partition coefficient (Wildman–Crippen LogP) is 5.29. The molecule has 0 saturated heterocycles. The molecular weight excluding hydrogens is 442 g/mol. The summed E-state index contributed by atoms with van der Waals surface area (Å²) in [5.41, 5.74) is 7.91. The summed E-state index contributed by atoms with van der Waals surface area (Å²) in [5.74, 6) is -0.409. The molecule has 0 saturated carbocycles. The lowest BCUT2D eigenvalue weighted by atomic mass is 9.89. The van der Waals surface area contributed by atoms with E-state index >= 15 is 0 Å². The number of thioether (sulfide) groups is 1. The van der Waals surface area contributed by atoms with Gasteiger partial charge in [0.2, 0.25) is 0 Å². The smallest absolute Gasteiger partial charge is 0.324 e. The number of carboxylic acids is 1. The molecule has 0 radical (unpaired) electrons. The molecule has 0 amide bonds. The van der Waals surface area contributed by atoms with E-state index in [0.717, 1.165) is 53.4 Å². The molecule has 2 atom stereocenters. The number of anilines is 2. The summed E-state index contributed by atoms with van der Waals surface area (Å²) in [7, 11) is 0. The number of para-hydroxylation sites is 1. The second kappa shape index (κ2) is 11.3. The van der Waals surface area contributed by atoms with Gasteiger partial charge in [0.1, 0.15) is 18.4 Å². The minimum atomic E-state index is -1.07. The molecule has 0 fully saturated rings. The fraction of sp³-hybridized carbons (Fsp3) is 0.458. The lowest BCUT2D eigenvalue weighted by Crippen LogP contribution is -2.48. The number of carboxylic acid groups (broad SMARTS) is 1. The second-order valence-corrected chi connectivity index (χ2v) is 9.79. The third kappa shape index (κ3) is 5.73. The topological polar surface area (TPSA) is 87.8 Å². The number of nitrogens with one attached hydrogen (secondary N) is 1. The number of aliphatic carboxylic acids is 1. The van der Waals surface area contributed by atoms with Crippen molar-refractivity contribution in [2.24, 2.45) is 5.73 Å². The average molecular weight is 476 g/mol. The van der Waals surface area contributed by atoms with Crippen molar-refractivity contribution in [1.82, 2.24) is 4.72 Å². The van der Waals surface area contributed by atoms with Crippen LogP contribution in [0.5, 0.6) is 5.75 Å². The average Bonchev–Trinajstić information content (AvgIpc) is 2.98. The summed E-state index contributed by atoms with van der Waals surface area (Å²) < 4.78 is 9.63. The van der Waals surface area contributed by atoms with Crippen LogP contribution in [0.1, 0.15) is 39.5 Å². The van der Waals surface area contributed by atoms with Gasteiger partial charge < -0.3 is 20.5 Å². The molecule has 0 spiro atoms. The van der Waals surface area contributed by atoms with Crippen molar-refractivity contribution in [3.8, 4) is 5.75 Å². The van der Waals surface area contributed by atoms with E-state index in [-0.39, 0.29) is 12.1 Å². The highest BCUT2D eigenvalue weighted by Crippen LogP contribution is 2.45. The summed E-state index contributed by atoms with van der Waals surface area (Å²) in [5, 5.41) is 9.10. The first-order chi connectivity index (χ1) is 15.4. The molecule has 1 aliphatic heterocycles. The number of rotatable bonds is 10. The molecule has 6 nitrogen and oxygen atoms in total. The number of benzene rings is 2. The summed E-state index contributed by atoms with van der Waals surface area (Å²) in [6.07, 6.45) is 6.43. The first-order valence-corrected chi connectivity index (χ1v) is 13.1. The third-order valence-electron chi connectivity index (χ3n) is 5.86. The molecule has 1 aliphatic rings. The van der Waals surface area contributed by atoms with Gasteiger partial charge in [-0.15, -0.1) is 11.8 Å². The van der Waals surface area contributed by atoms with E-state index in [4.69, 9.17) is 15.6 Å². The van der Waals surface area contributed by atoms with Gasteiger partial charge in [-0.3, -0.25) is 9.52 Å². The number of nitrogens with two attached hydrogens (primary N) is 1. The molecular formula is C24H33N3O3S2. The highest BCUT2D eigenvalue weighted by atomic mass is 32.2. The molecule has 4 N–H and O–H groups in total. The van der Waals surface area contributed by atoms with Crippen LogP contribution in [0.2, 0.25) is 0 Å². The molecule has 3 rings (SSSR count). The Morgan fingerprint density at radius 1 is 1.34 bits per heavy atom. The quantitative estimate of drug-likeness (QED) is 0.316. The van der Waals surface area contributed by atoms with Gasteiger partial charge in [-0.05, 0) is 55.3 Å². The normalized spacial score (nSPS) is 19.2. The highest BCUT2D eigenvalue weighted by Gasteiger charge is 2.35. The van der Waals surface area contributed by atoms with Gasteiger partial charge in [-0.2, -0.15) is 0 Å². The maximum Gasteiger partial charge on any atom is 0.324 e.